The van der Waals surface area contributed by atoms with E-state index in [9.17, 15) is 13.2 Å². The van der Waals surface area contributed by atoms with E-state index in [0.29, 0.717) is 12.1 Å². The van der Waals surface area contributed by atoms with Gasteiger partial charge in [0, 0.05) is 11.6 Å². The van der Waals surface area contributed by atoms with Gasteiger partial charge < -0.3 is 0 Å². The molecule has 0 saturated heterocycles. The molecule has 9 heteroatoms. The number of hydrogen-bond donors (Lipinski definition) is 1. The first-order chi connectivity index (χ1) is 9.17. The average molecular weight is 321 g/mol. The predicted octanol–water partition coefficient (Wildman–Crippen LogP) is 4.00. The Bertz CT molecular complexity index is 652. The summed E-state index contributed by atoms with van der Waals surface area (Å²) in [4.78, 5) is 0. The number of nitriles is 1. The van der Waals surface area contributed by atoms with Crippen molar-refractivity contribution in [1.82, 2.24) is 0 Å². The zero-order chi connectivity index (χ0) is 15.1. The number of nitrogens with two attached hydrogens (primary N) is 1. The topological polar surface area (TPSA) is 74.5 Å². The van der Waals surface area contributed by atoms with Crippen molar-refractivity contribution in [3.05, 3.63) is 45.1 Å². The third kappa shape index (κ3) is 2.50. The maximum atomic E-state index is 12.6. The predicted molar refractivity (Wildman–Crippen MR) is 65.9 cm³/mol. The molecule has 1 aromatic rings. The first kappa shape index (κ1) is 14.8. The maximum Gasteiger partial charge on any atom is 0.416 e. The van der Waals surface area contributed by atoms with Crippen LogP contribution in [0.3, 0.4) is 0 Å². The van der Waals surface area contributed by atoms with E-state index in [1.165, 1.54) is 6.08 Å². The Kier molecular flexibility index (Phi) is 3.50. The Hall–Kier alpha value is -1.62. The summed E-state index contributed by atoms with van der Waals surface area (Å²) in [6, 6.07) is 3.12. The van der Waals surface area contributed by atoms with Crippen LogP contribution in [0.1, 0.15) is 11.1 Å². The van der Waals surface area contributed by atoms with Crippen LogP contribution in [0.2, 0.25) is 10.0 Å². The van der Waals surface area contributed by atoms with Gasteiger partial charge in [-0.1, -0.05) is 23.2 Å². The van der Waals surface area contributed by atoms with E-state index in [1.54, 1.807) is 6.07 Å². The van der Waals surface area contributed by atoms with E-state index in [1.807, 2.05) is 0 Å². The summed E-state index contributed by atoms with van der Waals surface area (Å²) in [5.41, 5.74) is 3.11. The van der Waals surface area contributed by atoms with Crippen molar-refractivity contribution in [2.24, 2.45) is 16.0 Å². The van der Waals surface area contributed by atoms with Crippen molar-refractivity contribution < 1.29 is 13.2 Å². The maximum absolute atomic E-state index is 12.6. The van der Waals surface area contributed by atoms with Gasteiger partial charge in [-0.3, -0.25) is 5.73 Å². The van der Waals surface area contributed by atoms with E-state index < -0.39 is 17.4 Å². The Labute approximate surface area is 121 Å². The minimum Gasteiger partial charge on any atom is -0.298 e. The number of alkyl halides is 3. The molecule has 0 bridgehead atoms. The standard InChI is InChI=1S/C11H5Cl2F3N4/c12-7-1-5(11(14,15)16)2-8(13)9(7)10(18)3-6(4-17)19-20-10/h1-3H,18H2. The molecule has 0 aliphatic carbocycles. The number of hydrogen-bond acceptors (Lipinski definition) is 4. The molecule has 1 heterocycles. The summed E-state index contributed by atoms with van der Waals surface area (Å²) in [5.74, 6) is 0. The van der Waals surface area contributed by atoms with Crippen LogP contribution in [0.15, 0.2) is 34.1 Å². The van der Waals surface area contributed by atoms with Crippen LogP contribution in [0.4, 0.5) is 13.2 Å². The summed E-state index contributed by atoms with van der Waals surface area (Å²) in [5, 5.41) is 15.2. The summed E-state index contributed by atoms with van der Waals surface area (Å²) < 4.78 is 37.9. The van der Waals surface area contributed by atoms with Crippen molar-refractivity contribution in [2.75, 3.05) is 0 Å². The van der Waals surface area contributed by atoms with E-state index in [0.717, 1.165) is 0 Å². The zero-order valence-corrected chi connectivity index (χ0v) is 11.1. The van der Waals surface area contributed by atoms with Gasteiger partial charge in [-0.05, 0) is 12.1 Å². The highest BCUT2D eigenvalue weighted by Crippen LogP contribution is 2.42. The van der Waals surface area contributed by atoms with Gasteiger partial charge in [0.1, 0.15) is 6.07 Å². The molecule has 20 heavy (non-hydrogen) atoms. The largest absolute Gasteiger partial charge is 0.416 e. The second-order valence-corrected chi connectivity index (χ2v) is 4.79. The van der Waals surface area contributed by atoms with Crippen molar-refractivity contribution in [2.45, 2.75) is 11.8 Å². The molecule has 4 nitrogen and oxygen atoms in total. The fourth-order valence-corrected chi connectivity index (χ4v) is 2.49. The molecule has 1 atom stereocenters. The molecule has 0 radical (unpaired) electrons. The van der Waals surface area contributed by atoms with Crippen LogP contribution < -0.4 is 5.73 Å². The van der Waals surface area contributed by atoms with E-state index in [2.05, 4.69) is 10.2 Å². The van der Waals surface area contributed by atoms with Gasteiger partial charge in [0.15, 0.2) is 11.4 Å². The Morgan fingerprint density at radius 2 is 1.80 bits per heavy atom. The fraction of sp³-hybridized carbons (Fsp3) is 0.182. The van der Waals surface area contributed by atoms with Crippen molar-refractivity contribution >= 4 is 23.2 Å². The lowest BCUT2D eigenvalue weighted by molar-refractivity contribution is -0.137. The third-order valence-electron chi connectivity index (χ3n) is 2.56. The quantitative estimate of drug-likeness (QED) is 0.849. The monoisotopic (exact) mass is 320 g/mol. The molecule has 1 aliphatic heterocycles. The van der Waals surface area contributed by atoms with E-state index in [4.69, 9.17) is 34.2 Å². The van der Waals surface area contributed by atoms with Gasteiger partial charge in [-0.15, -0.1) is 5.11 Å². The summed E-state index contributed by atoms with van der Waals surface area (Å²) in [7, 11) is 0. The number of rotatable bonds is 1. The lowest BCUT2D eigenvalue weighted by atomic mass is 9.98. The lowest BCUT2D eigenvalue weighted by Crippen LogP contribution is -2.31. The molecule has 2 N–H and O–H groups in total. The van der Waals surface area contributed by atoms with Crippen LogP contribution in [0.25, 0.3) is 0 Å². The molecule has 0 aromatic heterocycles. The Morgan fingerprint density at radius 1 is 1.25 bits per heavy atom. The molecular formula is C11H5Cl2F3N4. The molecule has 0 saturated carbocycles. The molecule has 1 aliphatic rings. The van der Waals surface area contributed by atoms with Crippen LogP contribution >= 0.6 is 23.2 Å². The van der Waals surface area contributed by atoms with E-state index >= 15 is 0 Å². The number of allylic oxidation sites excluding steroid dienone is 1. The minimum atomic E-state index is -4.58. The Morgan fingerprint density at radius 3 is 2.20 bits per heavy atom. The lowest BCUT2D eigenvalue weighted by Gasteiger charge is -2.21. The van der Waals surface area contributed by atoms with Gasteiger partial charge in [0.25, 0.3) is 0 Å². The van der Waals surface area contributed by atoms with E-state index in [-0.39, 0.29) is 21.3 Å². The van der Waals surface area contributed by atoms with Crippen molar-refractivity contribution in [3.63, 3.8) is 0 Å². The highest BCUT2D eigenvalue weighted by molar-refractivity contribution is 6.36. The van der Waals surface area contributed by atoms with Gasteiger partial charge in [-0.2, -0.15) is 23.5 Å². The third-order valence-corrected chi connectivity index (χ3v) is 3.16. The number of benzene rings is 1. The average Bonchev–Trinajstić information content (AvgIpc) is 2.69. The molecule has 0 spiro atoms. The molecular weight excluding hydrogens is 316 g/mol. The first-order valence-electron chi connectivity index (χ1n) is 5.09. The molecule has 2 rings (SSSR count). The second-order valence-electron chi connectivity index (χ2n) is 3.98. The normalized spacial score (nSPS) is 21.8. The number of azo groups is 1. The van der Waals surface area contributed by atoms with Gasteiger partial charge in [0.05, 0.1) is 15.6 Å². The Balaban J connectivity index is 2.59. The number of halogens is 5. The SMILES string of the molecule is N#CC1=CC(N)(c2c(Cl)cc(C(F)(F)F)cc2Cl)N=N1. The van der Waals surface area contributed by atoms with Crippen molar-refractivity contribution in [1.29, 1.82) is 5.26 Å². The highest BCUT2D eigenvalue weighted by Gasteiger charge is 2.37. The fourth-order valence-electron chi connectivity index (χ4n) is 1.70. The zero-order valence-electron chi connectivity index (χ0n) is 9.54. The minimum absolute atomic E-state index is 0.0390. The van der Waals surface area contributed by atoms with Crippen LogP contribution in [0, 0.1) is 11.3 Å². The molecule has 1 unspecified atom stereocenters. The summed E-state index contributed by atoms with van der Waals surface area (Å²) in [6.07, 6.45) is -3.41. The molecule has 0 fully saturated rings. The van der Waals surface area contributed by atoms with Gasteiger partial charge in [0.2, 0.25) is 0 Å². The van der Waals surface area contributed by atoms with Crippen molar-refractivity contribution in [3.8, 4) is 6.07 Å². The van der Waals surface area contributed by atoms with Crippen LogP contribution in [-0.4, -0.2) is 0 Å². The number of nitrogens with zero attached hydrogens (tertiary/aromatic N) is 3. The first-order valence-corrected chi connectivity index (χ1v) is 5.84. The van der Waals surface area contributed by atoms with Gasteiger partial charge in [-0.25, -0.2) is 0 Å². The van der Waals surface area contributed by atoms with Gasteiger partial charge >= 0.3 is 6.18 Å². The van der Waals surface area contributed by atoms with Crippen LogP contribution in [0.5, 0.6) is 0 Å². The molecule has 0 amide bonds. The summed E-state index contributed by atoms with van der Waals surface area (Å²) in [6.45, 7) is 0. The highest BCUT2D eigenvalue weighted by atomic mass is 35.5. The second kappa shape index (κ2) is 4.74. The summed E-state index contributed by atoms with van der Waals surface area (Å²) >= 11 is 11.6. The van der Waals surface area contributed by atoms with Crippen LogP contribution in [-0.2, 0) is 11.8 Å². The smallest absolute Gasteiger partial charge is 0.298 e. The molecule has 1 aromatic carbocycles. The molecule has 104 valence electrons.